The van der Waals surface area contributed by atoms with Crippen LogP contribution in [0.1, 0.15) is 17.2 Å². The molecule has 20 heavy (non-hydrogen) atoms. The van der Waals surface area contributed by atoms with Gasteiger partial charge in [-0.2, -0.15) is 0 Å². The van der Waals surface area contributed by atoms with Crippen molar-refractivity contribution in [3.63, 3.8) is 0 Å². The molecule has 3 rings (SSSR count). The minimum Gasteiger partial charge on any atom is -0.388 e. The number of para-hydroxylation sites is 1. The van der Waals surface area contributed by atoms with E-state index in [0.717, 1.165) is 22.0 Å². The smallest absolute Gasteiger partial charge is 0.126 e. The Balaban J connectivity index is 1.97. The van der Waals surface area contributed by atoms with E-state index < -0.39 is 6.10 Å². The quantitative estimate of drug-likeness (QED) is 0.763. The molecule has 0 spiro atoms. The van der Waals surface area contributed by atoms with E-state index in [1.165, 1.54) is 0 Å². The second-order valence-corrected chi connectivity index (χ2v) is 4.69. The summed E-state index contributed by atoms with van der Waals surface area (Å²) in [6, 6.07) is 13.3. The SMILES string of the molecule is Nc1ncccc1CC(O)c1ccnc2ccccc12. The first-order valence-electron chi connectivity index (χ1n) is 6.47. The summed E-state index contributed by atoms with van der Waals surface area (Å²) in [6.45, 7) is 0. The summed E-state index contributed by atoms with van der Waals surface area (Å²) in [5, 5.41) is 11.4. The molecule has 4 nitrogen and oxygen atoms in total. The Morgan fingerprint density at radius 3 is 2.70 bits per heavy atom. The van der Waals surface area contributed by atoms with Crippen molar-refractivity contribution >= 4 is 16.7 Å². The van der Waals surface area contributed by atoms with Gasteiger partial charge in [-0.25, -0.2) is 4.98 Å². The number of anilines is 1. The van der Waals surface area contributed by atoms with Crippen LogP contribution in [0.25, 0.3) is 10.9 Å². The van der Waals surface area contributed by atoms with Crippen molar-refractivity contribution in [2.75, 3.05) is 5.73 Å². The number of benzene rings is 1. The zero-order valence-electron chi connectivity index (χ0n) is 10.9. The number of rotatable bonds is 3. The maximum Gasteiger partial charge on any atom is 0.126 e. The molecule has 4 heteroatoms. The number of aliphatic hydroxyl groups is 1. The highest BCUT2D eigenvalue weighted by Gasteiger charge is 2.13. The second kappa shape index (κ2) is 5.27. The first-order valence-corrected chi connectivity index (χ1v) is 6.47. The molecule has 1 unspecified atom stereocenters. The maximum absolute atomic E-state index is 10.5. The highest BCUT2D eigenvalue weighted by molar-refractivity contribution is 5.82. The maximum atomic E-state index is 10.5. The second-order valence-electron chi connectivity index (χ2n) is 4.69. The number of hydrogen-bond donors (Lipinski definition) is 2. The number of hydrogen-bond acceptors (Lipinski definition) is 4. The zero-order valence-corrected chi connectivity index (χ0v) is 10.9. The summed E-state index contributed by atoms with van der Waals surface area (Å²) in [5.41, 5.74) is 8.41. The zero-order chi connectivity index (χ0) is 13.9. The van der Waals surface area contributed by atoms with Crippen LogP contribution in [0.15, 0.2) is 54.9 Å². The molecule has 0 bridgehead atoms. The van der Waals surface area contributed by atoms with Gasteiger partial charge >= 0.3 is 0 Å². The lowest BCUT2D eigenvalue weighted by atomic mass is 9.99. The fourth-order valence-corrected chi connectivity index (χ4v) is 2.35. The van der Waals surface area contributed by atoms with E-state index in [1.54, 1.807) is 12.4 Å². The van der Waals surface area contributed by atoms with E-state index in [1.807, 2.05) is 42.5 Å². The van der Waals surface area contributed by atoms with Crippen molar-refractivity contribution in [3.8, 4) is 0 Å². The third kappa shape index (κ3) is 2.33. The number of aliphatic hydroxyl groups excluding tert-OH is 1. The molecule has 1 atom stereocenters. The molecule has 0 amide bonds. The number of nitrogen functional groups attached to an aromatic ring is 1. The molecular weight excluding hydrogens is 250 g/mol. The molecule has 0 aliphatic carbocycles. The summed E-state index contributed by atoms with van der Waals surface area (Å²) >= 11 is 0. The van der Waals surface area contributed by atoms with Crippen molar-refractivity contribution in [3.05, 3.63) is 66.0 Å². The van der Waals surface area contributed by atoms with Crippen LogP contribution in [0.3, 0.4) is 0 Å². The lowest BCUT2D eigenvalue weighted by Crippen LogP contribution is -2.06. The standard InChI is InChI=1S/C16H15N3O/c17-16-11(4-3-8-19-16)10-15(20)13-7-9-18-14-6-2-1-5-12(13)14/h1-9,15,20H,10H2,(H2,17,19). The van der Waals surface area contributed by atoms with Gasteiger partial charge in [-0.3, -0.25) is 4.98 Å². The van der Waals surface area contributed by atoms with Gasteiger partial charge in [0.05, 0.1) is 11.6 Å². The molecule has 3 aromatic rings. The Morgan fingerprint density at radius 2 is 1.85 bits per heavy atom. The van der Waals surface area contributed by atoms with Crippen molar-refractivity contribution in [1.82, 2.24) is 9.97 Å². The number of aromatic nitrogens is 2. The van der Waals surface area contributed by atoms with Crippen LogP contribution in [-0.4, -0.2) is 15.1 Å². The summed E-state index contributed by atoms with van der Waals surface area (Å²) < 4.78 is 0. The van der Waals surface area contributed by atoms with Crippen molar-refractivity contribution in [2.45, 2.75) is 12.5 Å². The average Bonchev–Trinajstić information content (AvgIpc) is 2.49. The third-order valence-electron chi connectivity index (χ3n) is 3.38. The molecule has 2 heterocycles. The van der Waals surface area contributed by atoms with E-state index in [2.05, 4.69) is 9.97 Å². The lowest BCUT2D eigenvalue weighted by Gasteiger charge is -2.14. The van der Waals surface area contributed by atoms with Crippen LogP contribution in [0, 0.1) is 0 Å². The minimum absolute atomic E-state index is 0.438. The largest absolute Gasteiger partial charge is 0.388 e. The van der Waals surface area contributed by atoms with Gasteiger partial charge < -0.3 is 10.8 Å². The van der Waals surface area contributed by atoms with Gasteiger partial charge in [-0.05, 0) is 29.3 Å². The predicted octanol–water partition coefficient (Wildman–Crippen LogP) is 2.49. The molecule has 0 aliphatic rings. The van der Waals surface area contributed by atoms with Crippen molar-refractivity contribution < 1.29 is 5.11 Å². The lowest BCUT2D eigenvalue weighted by molar-refractivity contribution is 0.180. The van der Waals surface area contributed by atoms with Crippen molar-refractivity contribution in [1.29, 1.82) is 0 Å². The monoisotopic (exact) mass is 265 g/mol. The number of pyridine rings is 2. The topological polar surface area (TPSA) is 72.0 Å². The van der Waals surface area contributed by atoms with Crippen LogP contribution in [-0.2, 0) is 6.42 Å². The first-order chi connectivity index (χ1) is 9.75. The molecule has 0 fully saturated rings. The fraction of sp³-hybridized carbons (Fsp3) is 0.125. The van der Waals surface area contributed by atoms with Crippen LogP contribution >= 0.6 is 0 Å². The first kappa shape index (κ1) is 12.6. The van der Waals surface area contributed by atoms with E-state index in [0.29, 0.717) is 12.2 Å². The molecule has 0 saturated carbocycles. The van der Waals surface area contributed by atoms with Gasteiger partial charge in [-0.1, -0.05) is 24.3 Å². The van der Waals surface area contributed by atoms with Crippen molar-refractivity contribution in [2.24, 2.45) is 0 Å². The Kier molecular flexibility index (Phi) is 3.31. The van der Waals surface area contributed by atoms with Gasteiger partial charge in [0, 0.05) is 24.2 Å². The highest BCUT2D eigenvalue weighted by Crippen LogP contribution is 2.26. The number of nitrogens with two attached hydrogens (primary N) is 1. The van der Waals surface area contributed by atoms with Gasteiger partial charge in [-0.15, -0.1) is 0 Å². The molecule has 0 radical (unpaired) electrons. The summed E-state index contributed by atoms with van der Waals surface area (Å²) in [4.78, 5) is 8.34. The average molecular weight is 265 g/mol. The van der Waals surface area contributed by atoms with Crippen LogP contribution in [0.5, 0.6) is 0 Å². The molecule has 1 aromatic carbocycles. The van der Waals surface area contributed by atoms with Crippen LogP contribution in [0.2, 0.25) is 0 Å². The van der Waals surface area contributed by atoms with E-state index >= 15 is 0 Å². The van der Waals surface area contributed by atoms with Gasteiger partial charge in [0.15, 0.2) is 0 Å². The highest BCUT2D eigenvalue weighted by atomic mass is 16.3. The molecule has 0 saturated heterocycles. The molecular formula is C16H15N3O. The fourth-order valence-electron chi connectivity index (χ4n) is 2.35. The summed E-state index contributed by atoms with van der Waals surface area (Å²) in [7, 11) is 0. The van der Waals surface area contributed by atoms with E-state index in [9.17, 15) is 5.11 Å². The molecule has 3 N–H and O–H groups in total. The Bertz CT molecular complexity index is 737. The Labute approximate surface area is 116 Å². The van der Waals surface area contributed by atoms with E-state index in [4.69, 9.17) is 5.73 Å². The van der Waals surface area contributed by atoms with Gasteiger partial charge in [0.1, 0.15) is 5.82 Å². The Hall–Kier alpha value is -2.46. The summed E-state index contributed by atoms with van der Waals surface area (Å²) in [6.07, 6.45) is 3.17. The predicted molar refractivity (Wildman–Crippen MR) is 79.1 cm³/mol. The Morgan fingerprint density at radius 1 is 1.00 bits per heavy atom. The molecule has 0 aliphatic heterocycles. The van der Waals surface area contributed by atoms with Crippen LogP contribution in [0.4, 0.5) is 5.82 Å². The molecule has 100 valence electrons. The number of fused-ring (bicyclic) bond motifs is 1. The van der Waals surface area contributed by atoms with E-state index in [-0.39, 0.29) is 0 Å². The number of nitrogens with zero attached hydrogens (tertiary/aromatic N) is 2. The molecule has 2 aromatic heterocycles. The third-order valence-corrected chi connectivity index (χ3v) is 3.38. The van der Waals surface area contributed by atoms with Crippen LogP contribution < -0.4 is 5.73 Å². The minimum atomic E-state index is -0.630. The van der Waals surface area contributed by atoms with Gasteiger partial charge in [0.25, 0.3) is 0 Å². The van der Waals surface area contributed by atoms with Gasteiger partial charge in [0.2, 0.25) is 0 Å². The summed E-state index contributed by atoms with van der Waals surface area (Å²) in [5.74, 6) is 0.463. The normalized spacial score (nSPS) is 12.4.